The van der Waals surface area contributed by atoms with Crippen LogP contribution < -0.4 is 0 Å². The molecule has 23 heavy (non-hydrogen) atoms. The second kappa shape index (κ2) is 6.40. The van der Waals surface area contributed by atoms with Crippen molar-refractivity contribution in [1.29, 1.82) is 0 Å². The molecule has 0 unspecified atom stereocenters. The maximum absolute atomic E-state index is 13.8. The molecule has 0 saturated carbocycles. The number of halogens is 2. The number of hydrogen-bond acceptors (Lipinski definition) is 2. The number of ether oxygens (including phenoxy) is 1. The smallest absolute Gasteiger partial charge is 0.410 e. The third-order valence-electron chi connectivity index (χ3n) is 3.09. The first-order chi connectivity index (χ1) is 10.7. The second-order valence-electron chi connectivity index (χ2n) is 6.38. The van der Waals surface area contributed by atoms with Gasteiger partial charge in [-0.05, 0) is 44.5 Å². The van der Waals surface area contributed by atoms with E-state index in [-0.39, 0.29) is 5.56 Å². The number of hydrogen-bond donors (Lipinski definition) is 1. The Balaban J connectivity index is 2.09. The molecule has 1 aromatic carbocycles. The van der Waals surface area contributed by atoms with Gasteiger partial charge in [-0.15, -0.1) is 0 Å². The zero-order valence-corrected chi connectivity index (χ0v) is 13.6. The largest absolute Gasteiger partial charge is 0.444 e. The highest BCUT2D eigenvalue weighted by atomic mass is 19.1. The van der Waals surface area contributed by atoms with Gasteiger partial charge < -0.3 is 14.6 Å². The van der Waals surface area contributed by atoms with Crippen molar-refractivity contribution < 1.29 is 18.3 Å². The average molecular weight is 322 g/mol. The summed E-state index contributed by atoms with van der Waals surface area (Å²) in [5.74, 6) is -1.26. The fourth-order valence-corrected chi connectivity index (χ4v) is 2.07. The molecule has 0 spiro atoms. The Labute approximate surface area is 134 Å². The van der Waals surface area contributed by atoms with Crippen molar-refractivity contribution in [3.05, 3.63) is 47.7 Å². The van der Waals surface area contributed by atoms with E-state index in [4.69, 9.17) is 4.74 Å². The van der Waals surface area contributed by atoms with Crippen molar-refractivity contribution >= 4 is 6.09 Å². The predicted octanol–water partition coefficient (Wildman–Crippen LogP) is 4.33. The maximum Gasteiger partial charge on any atom is 0.410 e. The molecule has 2 aromatic rings. The first kappa shape index (κ1) is 17.0. The van der Waals surface area contributed by atoms with E-state index in [0.29, 0.717) is 12.2 Å². The standard InChI is InChI=1S/C17H20F2N2O2/c1-17(2,3)23-16(22)21(4)10-11-7-15(20-9-11)13-6-5-12(18)8-14(13)19/h5-9,20H,10H2,1-4H3. The summed E-state index contributed by atoms with van der Waals surface area (Å²) >= 11 is 0. The van der Waals surface area contributed by atoms with Gasteiger partial charge in [-0.3, -0.25) is 0 Å². The molecular formula is C17H20F2N2O2. The Kier molecular flexibility index (Phi) is 4.73. The molecule has 1 amide bonds. The topological polar surface area (TPSA) is 45.3 Å². The number of amides is 1. The lowest BCUT2D eigenvalue weighted by Crippen LogP contribution is -2.33. The quantitative estimate of drug-likeness (QED) is 0.914. The second-order valence-corrected chi connectivity index (χ2v) is 6.38. The summed E-state index contributed by atoms with van der Waals surface area (Å²) in [4.78, 5) is 16.3. The molecule has 0 atom stereocenters. The van der Waals surface area contributed by atoms with Crippen molar-refractivity contribution in [2.75, 3.05) is 7.05 Å². The average Bonchev–Trinajstić information content (AvgIpc) is 2.84. The first-order valence-corrected chi connectivity index (χ1v) is 7.22. The van der Waals surface area contributed by atoms with E-state index in [1.807, 2.05) is 0 Å². The van der Waals surface area contributed by atoms with Crippen LogP contribution in [0.1, 0.15) is 26.3 Å². The van der Waals surface area contributed by atoms with E-state index in [2.05, 4.69) is 4.98 Å². The summed E-state index contributed by atoms with van der Waals surface area (Å²) in [6.07, 6.45) is 1.24. The van der Waals surface area contributed by atoms with Crippen LogP contribution in [0.3, 0.4) is 0 Å². The summed E-state index contributed by atoms with van der Waals surface area (Å²) in [5.41, 5.74) is 1.02. The normalized spacial score (nSPS) is 11.4. The van der Waals surface area contributed by atoms with Crippen molar-refractivity contribution in [3.8, 4) is 11.3 Å². The Morgan fingerprint density at radius 2 is 1.96 bits per heavy atom. The first-order valence-electron chi connectivity index (χ1n) is 7.22. The summed E-state index contributed by atoms with van der Waals surface area (Å²) in [6, 6.07) is 5.13. The zero-order chi connectivity index (χ0) is 17.2. The van der Waals surface area contributed by atoms with Crippen LogP contribution in [0, 0.1) is 11.6 Å². The van der Waals surface area contributed by atoms with E-state index in [9.17, 15) is 13.6 Å². The van der Waals surface area contributed by atoms with Crippen LogP contribution in [0.25, 0.3) is 11.3 Å². The summed E-state index contributed by atoms with van der Waals surface area (Å²) in [6.45, 7) is 5.70. The monoisotopic (exact) mass is 322 g/mol. The number of nitrogens with one attached hydrogen (secondary N) is 1. The third-order valence-corrected chi connectivity index (χ3v) is 3.09. The van der Waals surface area contributed by atoms with Gasteiger partial charge in [0.2, 0.25) is 0 Å². The highest BCUT2D eigenvalue weighted by Crippen LogP contribution is 2.23. The van der Waals surface area contributed by atoms with E-state index >= 15 is 0 Å². The van der Waals surface area contributed by atoms with Crippen LogP contribution >= 0.6 is 0 Å². The number of carbonyl (C=O) groups excluding carboxylic acids is 1. The molecule has 6 heteroatoms. The van der Waals surface area contributed by atoms with E-state index in [0.717, 1.165) is 11.6 Å². The summed E-state index contributed by atoms with van der Waals surface area (Å²) in [5, 5.41) is 0. The van der Waals surface area contributed by atoms with Gasteiger partial charge in [-0.1, -0.05) is 0 Å². The number of benzene rings is 1. The lowest BCUT2D eigenvalue weighted by Gasteiger charge is -2.24. The minimum Gasteiger partial charge on any atom is -0.444 e. The van der Waals surface area contributed by atoms with Gasteiger partial charge >= 0.3 is 6.09 Å². The molecule has 0 aliphatic heterocycles. The Bertz CT molecular complexity index is 705. The molecule has 0 aliphatic carbocycles. The Morgan fingerprint density at radius 3 is 2.57 bits per heavy atom. The van der Waals surface area contributed by atoms with Gasteiger partial charge in [0.1, 0.15) is 17.2 Å². The van der Waals surface area contributed by atoms with Crippen LogP contribution in [-0.4, -0.2) is 28.6 Å². The summed E-state index contributed by atoms with van der Waals surface area (Å²) in [7, 11) is 1.62. The van der Waals surface area contributed by atoms with Crippen LogP contribution in [0.2, 0.25) is 0 Å². The van der Waals surface area contributed by atoms with Crippen LogP contribution in [0.5, 0.6) is 0 Å². The highest BCUT2D eigenvalue weighted by molar-refractivity contribution is 5.68. The number of rotatable bonds is 3. The molecule has 124 valence electrons. The van der Waals surface area contributed by atoms with E-state index < -0.39 is 23.3 Å². The lowest BCUT2D eigenvalue weighted by atomic mass is 10.1. The van der Waals surface area contributed by atoms with Crippen LogP contribution in [0.15, 0.2) is 30.5 Å². The third kappa shape index (κ3) is 4.55. The number of nitrogens with zero attached hydrogens (tertiary/aromatic N) is 1. The molecule has 0 saturated heterocycles. The van der Waals surface area contributed by atoms with Crippen LogP contribution in [0.4, 0.5) is 13.6 Å². The molecule has 0 radical (unpaired) electrons. The fourth-order valence-electron chi connectivity index (χ4n) is 2.07. The van der Waals surface area contributed by atoms with Gasteiger partial charge in [0.15, 0.2) is 0 Å². The van der Waals surface area contributed by atoms with Gasteiger partial charge in [0, 0.05) is 30.6 Å². The van der Waals surface area contributed by atoms with Crippen molar-refractivity contribution in [2.24, 2.45) is 0 Å². The molecule has 1 N–H and O–H groups in total. The molecule has 0 bridgehead atoms. The fraction of sp³-hybridized carbons (Fsp3) is 0.353. The van der Waals surface area contributed by atoms with Gasteiger partial charge in [0.05, 0.1) is 6.54 Å². The van der Waals surface area contributed by atoms with Gasteiger partial charge in [-0.25, -0.2) is 13.6 Å². The minimum absolute atomic E-state index is 0.276. The molecule has 1 aromatic heterocycles. The number of aromatic amines is 1. The molecule has 4 nitrogen and oxygen atoms in total. The molecule has 0 aliphatic rings. The van der Waals surface area contributed by atoms with Gasteiger partial charge in [-0.2, -0.15) is 0 Å². The minimum atomic E-state index is -0.640. The van der Waals surface area contributed by atoms with Crippen molar-refractivity contribution in [3.63, 3.8) is 0 Å². The molecule has 2 rings (SSSR count). The molecule has 1 heterocycles. The predicted molar refractivity (Wildman–Crippen MR) is 83.8 cm³/mol. The van der Waals surface area contributed by atoms with Crippen molar-refractivity contribution in [1.82, 2.24) is 9.88 Å². The lowest BCUT2D eigenvalue weighted by molar-refractivity contribution is 0.0285. The van der Waals surface area contributed by atoms with Crippen LogP contribution in [-0.2, 0) is 11.3 Å². The van der Waals surface area contributed by atoms with Crippen molar-refractivity contribution in [2.45, 2.75) is 32.9 Å². The molecule has 0 fully saturated rings. The molecular weight excluding hydrogens is 302 g/mol. The number of H-pyrrole nitrogens is 1. The highest BCUT2D eigenvalue weighted by Gasteiger charge is 2.20. The maximum atomic E-state index is 13.8. The zero-order valence-electron chi connectivity index (χ0n) is 13.6. The number of aromatic nitrogens is 1. The van der Waals surface area contributed by atoms with Gasteiger partial charge in [0.25, 0.3) is 0 Å². The van der Waals surface area contributed by atoms with E-state index in [1.54, 1.807) is 40.1 Å². The summed E-state index contributed by atoms with van der Waals surface area (Å²) < 4.78 is 32.0. The van der Waals surface area contributed by atoms with E-state index in [1.165, 1.54) is 17.0 Å². The SMILES string of the molecule is CN(Cc1c[nH]c(-c2ccc(F)cc2F)c1)C(=O)OC(C)(C)C. The Morgan fingerprint density at radius 1 is 1.26 bits per heavy atom. The Hall–Kier alpha value is -2.37. The number of carbonyl (C=O) groups is 1.